The van der Waals surface area contributed by atoms with Gasteiger partial charge in [0.2, 0.25) is 0 Å². The molecule has 0 aliphatic rings. The van der Waals surface area contributed by atoms with E-state index in [4.69, 9.17) is 4.42 Å². The fourth-order valence-corrected chi connectivity index (χ4v) is 2.77. The highest BCUT2D eigenvalue weighted by Gasteiger charge is 2.16. The van der Waals surface area contributed by atoms with Crippen LogP contribution in [-0.4, -0.2) is 40.6 Å². The van der Waals surface area contributed by atoms with Gasteiger partial charge in [-0.25, -0.2) is 8.42 Å². The van der Waals surface area contributed by atoms with E-state index in [0.717, 1.165) is 6.26 Å². The van der Waals surface area contributed by atoms with E-state index in [1.165, 1.54) is 24.3 Å². The van der Waals surface area contributed by atoms with Crippen LogP contribution in [-0.2, 0) is 9.84 Å². The summed E-state index contributed by atoms with van der Waals surface area (Å²) < 4.78 is 30.0. The van der Waals surface area contributed by atoms with Crippen molar-refractivity contribution in [2.24, 2.45) is 0 Å². The fourth-order valence-electron chi connectivity index (χ4n) is 2.14. The number of aromatic nitrogens is 4. The van der Waals surface area contributed by atoms with Gasteiger partial charge in [-0.3, -0.25) is 14.8 Å². The molecule has 0 saturated heterocycles. The standard InChI is InChI=1S/C16H17N5O4S/c1-10(2)21-9-8-13(20-21)15-18-19-16(25-15)17-14(22)11-4-6-12(7-5-11)26(3,23)24/h4-10H,1-3H3,(H,17,19,22). The van der Waals surface area contributed by atoms with Crippen LogP contribution in [0, 0.1) is 0 Å². The van der Waals surface area contributed by atoms with Gasteiger partial charge in [0.05, 0.1) is 4.90 Å². The van der Waals surface area contributed by atoms with Gasteiger partial charge in [-0.05, 0) is 44.2 Å². The van der Waals surface area contributed by atoms with Crippen molar-refractivity contribution in [3.63, 3.8) is 0 Å². The van der Waals surface area contributed by atoms with E-state index in [1.54, 1.807) is 16.9 Å². The second-order valence-corrected chi connectivity index (χ2v) is 7.95. The number of carbonyl (C=O) groups excluding carboxylic acids is 1. The first-order chi connectivity index (χ1) is 12.2. The normalized spacial score (nSPS) is 11.7. The number of nitrogens with one attached hydrogen (secondary N) is 1. The second kappa shape index (κ2) is 6.71. The Bertz CT molecular complexity index is 1030. The Balaban J connectivity index is 1.73. The molecule has 1 aromatic carbocycles. The highest BCUT2D eigenvalue weighted by molar-refractivity contribution is 7.90. The van der Waals surface area contributed by atoms with Crippen LogP contribution < -0.4 is 5.32 Å². The number of anilines is 1. The average molecular weight is 375 g/mol. The van der Waals surface area contributed by atoms with E-state index in [2.05, 4.69) is 20.6 Å². The summed E-state index contributed by atoms with van der Waals surface area (Å²) in [5.74, 6) is -0.305. The van der Waals surface area contributed by atoms with Crippen LogP contribution in [0.25, 0.3) is 11.6 Å². The van der Waals surface area contributed by atoms with E-state index >= 15 is 0 Å². The summed E-state index contributed by atoms with van der Waals surface area (Å²) in [6.07, 6.45) is 2.90. The molecule has 2 aromatic heterocycles. The van der Waals surface area contributed by atoms with Gasteiger partial charge in [-0.15, -0.1) is 5.10 Å². The number of hydrogen-bond acceptors (Lipinski definition) is 7. The quantitative estimate of drug-likeness (QED) is 0.725. The number of nitrogens with zero attached hydrogens (tertiary/aromatic N) is 4. The summed E-state index contributed by atoms with van der Waals surface area (Å²) in [5, 5.41) is 14.4. The Hall–Kier alpha value is -3.01. The molecule has 1 amide bonds. The van der Waals surface area contributed by atoms with Gasteiger partial charge < -0.3 is 4.42 Å². The molecule has 0 bridgehead atoms. The van der Waals surface area contributed by atoms with Gasteiger partial charge in [0.15, 0.2) is 9.84 Å². The van der Waals surface area contributed by atoms with Gasteiger partial charge in [0.1, 0.15) is 5.69 Å². The van der Waals surface area contributed by atoms with Crippen molar-refractivity contribution >= 4 is 21.8 Å². The molecule has 10 heteroatoms. The first-order valence-corrected chi connectivity index (χ1v) is 9.63. The Morgan fingerprint density at radius 1 is 1.15 bits per heavy atom. The smallest absolute Gasteiger partial charge is 0.322 e. The number of benzene rings is 1. The lowest BCUT2D eigenvalue weighted by atomic mass is 10.2. The average Bonchev–Trinajstić information content (AvgIpc) is 3.23. The molecule has 0 fully saturated rings. The van der Waals surface area contributed by atoms with E-state index in [9.17, 15) is 13.2 Å². The summed E-state index contributed by atoms with van der Waals surface area (Å²) in [6, 6.07) is 7.41. The first kappa shape index (κ1) is 17.8. The van der Waals surface area contributed by atoms with Crippen molar-refractivity contribution in [3.05, 3.63) is 42.1 Å². The van der Waals surface area contributed by atoms with Crippen molar-refractivity contribution in [2.75, 3.05) is 11.6 Å². The number of amides is 1. The second-order valence-electron chi connectivity index (χ2n) is 5.94. The molecule has 3 rings (SSSR count). The van der Waals surface area contributed by atoms with Gasteiger partial charge in [0.25, 0.3) is 11.8 Å². The summed E-state index contributed by atoms with van der Waals surface area (Å²) in [5.41, 5.74) is 0.769. The predicted octanol–water partition coefficient (Wildman–Crippen LogP) is 2.17. The third-order valence-corrected chi connectivity index (χ3v) is 4.68. The summed E-state index contributed by atoms with van der Waals surface area (Å²) >= 11 is 0. The predicted molar refractivity (Wildman–Crippen MR) is 93.4 cm³/mol. The van der Waals surface area contributed by atoms with Crippen molar-refractivity contribution in [1.29, 1.82) is 0 Å². The third-order valence-electron chi connectivity index (χ3n) is 3.55. The minimum absolute atomic E-state index is 0.0729. The van der Waals surface area contributed by atoms with Gasteiger partial charge in [-0.1, -0.05) is 5.10 Å². The molecular formula is C16H17N5O4S. The molecule has 2 heterocycles. The summed E-state index contributed by atoms with van der Waals surface area (Å²) in [4.78, 5) is 12.3. The Morgan fingerprint density at radius 2 is 1.85 bits per heavy atom. The topological polar surface area (TPSA) is 120 Å². The number of hydrogen-bond donors (Lipinski definition) is 1. The molecule has 9 nitrogen and oxygen atoms in total. The molecule has 0 aliphatic heterocycles. The molecule has 0 unspecified atom stereocenters. The van der Waals surface area contributed by atoms with Crippen LogP contribution >= 0.6 is 0 Å². The van der Waals surface area contributed by atoms with E-state index in [1.807, 2.05) is 13.8 Å². The van der Waals surface area contributed by atoms with Gasteiger partial charge >= 0.3 is 6.01 Å². The van der Waals surface area contributed by atoms with Crippen LogP contribution in [0.15, 0.2) is 45.8 Å². The SMILES string of the molecule is CC(C)n1ccc(-c2nnc(NC(=O)c3ccc(S(C)(=O)=O)cc3)o2)n1. The lowest BCUT2D eigenvalue weighted by molar-refractivity contribution is 0.102. The summed E-state index contributed by atoms with van der Waals surface area (Å²) in [6.45, 7) is 3.98. The maximum absolute atomic E-state index is 12.2. The van der Waals surface area contributed by atoms with Gasteiger partial charge in [0, 0.05) is 24.1 Å². The highest BCUT2D eigenvalue weighted by atomic mass is 32.2. The lowest BCUT2D eigenvalue weighted by Gasteiger charge is -2.03. The molecule has 0 saturated carbocycles. The van der Waals surface area contributed by atoms with Crippen LogP contribution in [0.1, 0.15) is 30.2 Å². The molecule has 136 valence electrons. The van der Waals surface area contributed by atoms with Crippen LogP contribution in [0.4, 0.5) is 6.01 Å². The number of rotatable bonds is 5. The van der Waals surface area contributed by atoms with Crippen LogP contribution in [0.2, 0.25) is 0 Å². The molecule has 26 heavy (non-hydrogen) atoms. The van der Waals surface area contributed by atoms with E-state index < -0.39 is 15.7 Å². The maximum Gasteiger partial charge on any atom is 0.322 e. The minimum Gasteiger partial charge on any atom is -0.401 e. The Morgan fingerprint density at radius 3 is 2.42 bits per heavy atom. The van der Waals surface area contributed by atoms with E-state index in [-0.39, 0.29) is 28.4 Å². The lowest BCUT2D eigenvalue weighted by Crippen LogP contribution is -2.12. The van der Waals surface area contributed by atoms with Crippen molar-refractivity contribution in [1.82, 2.24) is 20.0 Å². The zero-order valence-corrected chi connectivity index (χ0v) is 15.2. The monoisotopic (exact) mass is 375 g/mol. The van der Waals surface area contributed by atoms with Gasteiger partial charge in [-0.2, -0.15) is 5.10 Å². The van der Waals surface area contributed by atoms with Crippen molar-refractivity contribution < 1.29 is 17.6 Å². The first-order valence-electron chi connectivity index (χ1n) is 7.74. The van der Waals surface area contributed by atoms with Crippen LogP contribution in [0.3, 0.4) is 0 Å². The largest absolute Gasteiger partial charge is 0.401 e. The third kappa shape index (κ3) is 3.80. The maximum atomic E-state index is 12.2. The molecule has 3 aromatic rings. The molecule has 1 N–H and O–H groups in total. The minimum atomic E-state index is -3.32. The fraction of sp³-hybridized carbons (Fsp3) is 0.250. The van der Waals surface area contributed by atoms with Crippen LogP contribution in [0.5, 0.6) is 0 Å². The molecule has 0 spiro atoms. The zero-order valence-electron chi connectivity index (χ0n) is 14.4. The molecule has 0 aliphatic carbocycles. The van der Waals surface area contributed by atoms with Crippen molar-refractivity contribution in [3.8, 4) is 11.6 Å². The number of carbonyl (C=O) groups is 1. The summed E-state index contributed by atoms with van der Waals surface area (Å²) in [7, 11) is -3.32. The molecule has 0 atom stereocenters. The number of sulfone groups is 1. The Kier molecular flexibility index (Phi) is 4.60. The highest BCUT2D eigenvalue weighted by Crippen LogP contribution is 2.19. The molecular weight excluding hydrogens is 358 g/mol. The Labute approximate surface area is 150 Å². The van der Waals surface area contributed by atoms with E-state index in [0.29, 0.717) is 5.69 Å². The molecule has 0 radical (unpaired) electrons. The zero-order chi connectivity index (χ0) is 18.9. The van der Waals surface area contributed by atoms with Crippen molar-refractivity contribution in [2.45, 2.75) is 24.8 Å².